The molecule has 1 aliphatic rings. The normalized spacial score (nSPS) is 15.6. The minimum absolute atomic E-state index is 0.0527. The van der Waals surface area contributed by atoms with Gasteiger partial charge in [-0.1, -0.05) is 31.1 Å². The lowest BCUT2D eigenvalue weighted by Crippen LogP contribution is -2.39. The average molecular weight is 356 g/mol. The van der Waals surface area contributed by atoms with Gasteiger partial charge in [-0.25, -0.2) is 0 Å². The van der Waals surface area contributed by atoms with Crippen molar-refractivity contribution >= 4 is 5.91 Å². The number of aromatic nitrogens is 2. The number of hydrogen-bond acceptors (Lipinski definition) is 5. The summed E-state index contributed by atoms with van der Waals surface area (Å²) in [6.07, 6.45) is 3.30. The fraction of sp³-hybridized carbons (Fsp3) is 0.550. The largest absolute Gasteiger partial charge is 0.339 e. The summed E-state index contributed by atoms with van der Waals surface area (Å²) in [5, 5.41) is 7.23. The van der Waals surface area contributed by atoms with Crippen molar-refractivity contribution in [1.29, 1.82) is 0 Å². The zero-order valence-electron chi connectivity index (χ0n) is 15.9. The number of amides is 1. The molecule has 3 rings (SSSR count). The Hall–Kier alpha value is -2.21. The Morgan fingerprint density at radius 1 is 1.31 bits per heavy atom. The summed E-state index contributed by atoms with van der Waals surface area (Å²) in [5.74, 6) is 2.02. The van der Waals surface area contributed by atoms with Gasteiger partial charge in [0, 0.05) is 19.0 Å². The molecule has 2 heterocycles. The van der Waals surface area contributed by atoms with Gasteiger partial charge in [0.25, 0.3) is 11.8 Å². The van der Waals surface area contributed by atoms with Crippen LogP contribution in [0.3, 0.4) is 0 Å². The van der Waals surface area contributed by atoms with Crippen LogP contribution in [0.5, 0.6) is 0 Å². The highest BCUT2D eigenvalue weighted by atomic mass is 16.5. The van der Waals surface area contributed by atoms with Crippen molar-refractivity contribution in [3.63, 3.8) is 0 Å². The second-order valence-corrected chi connectivity index (χ2v) is 7.29. The first-order valence-corrected chi connectivity index (χ1v) is 9.47. The van der Waals surface area contributed by atoms with Gasteiger partial charge in [-0.15, -0.1) is 0 Å². The van der Waals surface area contributed by atoms with Crippen molar-refractivity contribution in [1.82, 2.24) is 20.4 Å². The molecule has 6 heteroatoms. The second-order valence-electron chi connectivity index (χ2n) is 7.29. The predicted octanol–water partition coefficient (Wildman–Crippen LogP) is 3.32. The van der Waals surface area contributed by atoms with Crippen LogP contribution in [0, 0.1) is 5.92 Å². The molecule has 0 unspecified atom stereocenters. The van der Waals surface area contributed by atoms with E-state index in [1.54, 1.807) is 0 Å². The Morgan fingerprint density at radius 3 is 2.69 bits per heavy atom. The van der Waals surface area contributed by atoms with Crippen LogP contribution < -0.4 is 5.32 Å². The number of carbonyl (C=O) groups is 1. The molecule has 1 amide bonds. The first kappa shape index (κ1) is 18.6. The van der Waals surface area contributed by atoms with Crippen molar-refractivity contribution in [2.45, 2.75) is 39.0 Å². The lowest BCUT2D eigenvalue weighted by Gasteiger charge is -2.32. The minimum Gasteiger partial charge on any atom is -0.339 e. The van der Waals surface area contributed by atoms with Crippen LogP contribution in [-0.2, 0) is 0 Å². The quantitative estimate of drug-likeness (QED) is 0.860. The molecular formula is C20H28N4O2. The van der Waals surface area contributed by atoms with E-state index in [0.717, 1.165) is 32.5 Å². The Kier molecular flexibility index (Phi) is 6.04. The molecule has 0 saturated carbocycles. The van der Waals surface area contributed by atoms with Gasteiger partial charge in [-0.3, -0.25) is 4.79 Å². The first-order valence-electron chi connectivity index (χ1n) is 9.47. The van der Waals surface area contributed by atoms with E-state index in [0.29, 0.717) is 28.8 Å². The number of carbonyl (C=O) groups excluding carboxylic acids is 1. The molecule has 1 N–H and O–H groups in total. The molecule has 26 heavy (non-hydrogen) atoms. The number of likely N-dealkylation sites (tertiary alicyclic amines) is 1. The van der Waals surface area contributed by atoms with E-state index < -0.39 is 0 Å². The molecular weight excluding hydrogens is 328 g/mol. The van der Waals surface area contributed by atoms with Crippen LogP contribution in [0.2, 0.25) is 0 Å². The van der Waals surface area contributed by atoms with Gasteiger partial charge < -0.3 is 14.7 Å². The van der Waals surface area contributed by atoms with E-state index in [1.807, 2.05) is 50.1 Å². The summed E-state index contributed by atoms with van der Waals surface area (Å²) in [7, 11) is 1.98. The molecule has 0 atom stereocenters. The molecule has 0 aliphatic carbocycles. The molecule has 1 aromatic carbocycles. The Balaban J connectivity index is 1.74. The van der Waals surface area contributed by atoms with Gasteiger partial charge in [-0.2, -0.15) is 4.98 Å². The summed E-state index contributed by atoms with van der Waals surface area (Å²) in [4.78, 5) is 19.5. The summed E-state index contributed by atoms with van der Waals surface area (Å²) < 4.78 is 5.41. The molecule has 6 nitrogen and oxygen atoms in total. The van der Waals surface area contributed by atoms with Crippen LogP contribution in [0.25, 0.3) is 11.5 Å². The molecule has 1 saturated heterocycles. The van der Waals surface area contributed by atoms with Crippen LogP contribution in [0.15, 0.2) is 28.8 Å². The third-order valence-electron chi connectivity index (χ3n) is 5.05. The minimum atomic E-state index is 0.0527. The molecule has 1 aliphatic heterocycles. The Labute approximate surface area is 155 Å². The molecule has 1 aromatic heterocycles. The average Bonchev–Trinajstić information content (AvgIpc) is 3.16. The third-order valence-corrected chi connectivity index (χ3v) is 5.05. The van der Waals surface area contributed by atoms with E-state index in [4.69, 9.17) is 4.52 Å². The first-order chi connectivity index (χ1) is 12.6. The number of piperidine rings is 1. The van der Waals surface area contributed by atoms with Gasteiger partial charge in [0.15, 0.2) is 5.82 Å². The maximum absolute atomic E-state index is 13.1. The fourth-order valence-electron chi connectivity index (χ4n) is 3.38. The monoisotopic (exact) mass is 356 g/mol. The van der Waals surface area contributed by atoms with Gasteiger partial charge in [0.1, 0.15) is 0 Å². The standard InChI is InChI=1S/C20H28N4O2/c1-14(2)18-22-19(26-23-18)16-6-4-5-7-17(16)20(25)24-12-9-15(10-13-24)8-11-21-3/h4-7,14-15,21H,8-13H2,1-3H3. The number of hydrogen-bond donors (Lipinski definition) is 1. The molecule has 0 spiro atoms. The van der Waals surface area contributed by atoms with Gasteiger partial charge in [0.05, 0.1) is 11.1 Å². The van der Waals surface area contributed by atoms with E-state index in [2.05, 4.69) is 15.5 Å². The summed E-state index contributed by atoms with van der Waals surface area (Å²) in [5.41, 5.74) is 1.36. The zero-order chi connectivity index (χ0) is 18.5. The molecule has 140 valence electrons. The van der Waals surface area contributed by atoms with E-state index in [-0.39, 0.29) is 11.8 Å². The lowest BCUT2D eigenvalue weighted by molar-refractivity contribution is 0.0687. The van der Waals surface area contributed by atoms with Gasteiger partial charge >= 0.3 is 0 Å². The zero-order valence-corrected chi connectivity index (χ0v) is 15.9. The van der Waals surface area contributed by atoms with Crippen LogP contribution in [0.4, 0.5) is 0 Å². The Bertz CT molecular complexity index is 733. The maximum Gasteiger partial charge on any atom is 0.258 e. The number of rotatable bonds is 6. The predicted molar refractivity (Wildman–Crippen MR) is 101 cm³/mol. The van der Waals surface area contributed by atoms with Crippen molar-refractivity contribution in [2.75, 3.05) is 26.7 Å². The SMILES string of the molecule is CNCCC1CCN(C(=O)c2ccccc2-c2nc(C(C)C)no2)CC1. The summed E-state index contributed by atoms with van der Waals surface area (Å²) in [6, 6.07) is 7.51. The van der Waals surface area contributed by atoms with Crippen molar-refractivity contribution in [2.24, 2.45) is 5.92 Å². The van der Waals surface area contributed by atoms with Crippen LogP contribution >= 0.6 is 0 Å². The lowest BCUT2D eigenvalue weighted by atomic mass is 9.93. The van der Waals surface area contributed by atoms with Crippen molar-refractivity contribution < 1.29 is 9.32 Å². The highest BCUT2D eigenvalue weighted by molar-refractivity contribution is 6.00. The highest BCUT2D eigenvalue weighted by Crippen LogP contribution is 2.27. The van der Waals surface area contributed by atoms with Crippen LogP contribution in [0.1, 0.15) is 55.2 Å². The molecule has 0 bridgehead atoms. The fourth-order valence-corrected chi connectivity index (χ4v) is 3.38. The van der Waals surface area contributed by atoms with Gasteiger partial charge in [0.2, 0.25) is 0 Å². The van der Waals surface area contributed by atoms with E-state index in [1.165, 1.54) is 6.42 Å². The second kappa shape index (κ2) is 8.45. The molecule has 1 fully saturated rings. The topological polar surface area (TPSA) is 71.3 Å². The van der Waals surface area contributed by atoms with E-state index >= 15 is 0 Å². The van der Waals surface area contributed by atoms with Crippen LogP contribution in [-0.4, -0.2) is 47.6 Å². The third kappa shape index (κ3) is 4.12. The van der Waals surface area contributed by atoms with Crippen molar-refractivity contribution in [3.05, 3.63) is 35.7 Å². The maximum atomic E-state index is 13.1. The molecule has 0 radical (unpaired) electrons. The smallest absolute Gasteiger partial charge is 0.258 e. The number of nitrogens with one attached hydrogen (secondary N) is 1. The Morgan fingerprint density at radius 2 is 2.04 bits per heavy atom. The number of benzene rings is 1. The van der Waals surface area contributed by atoms with Gasteiger partial charge in [-0.05, 0) is 50.9 Å². The molecule has 2 aromatic rings. The number of nitrogens with zero attached hydrogens (tertiary/aromatic N) is 3. The summed E-state index contributed by atoms with van der Waals surface area (Å²) >= 11 is 0. The summed E-state index contributed by atoms with van der Waals surface area (Å²) in [6.45, 7) is 6.69. The highest BCUT2D eigenvalue weighted by Gasteiger charge is 2.26. The van der Waals surface area contributed by atoms with Crippen molar-refractivity contribution in [3.8, 4) is 11.5 Å². The van der Waals surface area contributed by atoms with E-state index in [9.17, 15) is 4.79 Å².